The smallest absolute Gasteiger partial charge is 0.317 e. The topological polar surface area (TPSA) is 80.4 Å². The number of Topliss-reactive ketones (excluding diaryl/α,β-unsaturated/α-hetero) is 1. The normalized spacial score (nSPS) is 15.9. The molecule has 0 amide bonds. The molecule has 170 valence electrons. The predicted octanol–water partition coefficient (Wildman–Crippen LogP) is 4.99. The van der Waals surface area contributed by atoms with Gasteiger partial charge in [-0.3, -0.25) is 9.79 Å². The van der Waals surface area contributed by atoms with Crippen molar-refractivity contribution >= 4 is 17.5 Å². The van der Waals surface area contributed by atoms with Crippen LogP contribution >= 0.6 is 0 Å². The van der Waals surface area contributed by atoms with E-state index in [9.17, 15) is 4.79 Å². The fourth-order valence-electron chi connectivity index (χ4n) is 4.25. The number of rotatable bonds is 6. The predicted molar refractivity (Wildman–Crippen MR) is 132 cm³/mol. The average Bonchev–Trinajstić information content (AvgIpc) is 3.28. The molecule has 0 bridgehead atoms. The van der Waals surface area contributed by atoms with Crippen molar-refractivity contribution in [1.82, 2.24) is 10.2 Å². The van der Waals surface area contributed by atoms with E-state index in [0.29, 0.717) is 5.89 Å². The molecule has 0 aliphatic carbocycles. The lowest BCUT2D eigenvalue weighted by Crippen LogP contribution is -2.29. The van der Waals surface area contributed by atoms with Crippen LogP contribution in [0.15, 0.2) is 94.3 Å². The highest BCUT2D eigenvalue weighted by Gasteiger charge is 2.30. The summed E-state index contributed by atoms with van der Waals surface area (Å²) < 4.78 is 5.98. The van der Waals surface area contributed by atoms with Gasteiger partial charge in [0.05, 0.1) is 5.71 Å². The van der Waals surface area contributed by atoms with Crippen LogP contribution in [0, 0.1) is 0 Å². The van der Waals surface area contributed by atoms with Gasteiger partial charge in [0.15, 0.2) is 11.9 Å². The summed E-state index contributed by atoms with van der Waals surface area (Å²) in [5, 5.41) is 11.5. The van der Waals surface area contributed by atoms with Crippen molar-refractivity contribution < 1.29 is 9.21 Å². The fraction of sp³-hybridized carbons (Fsp3) is 0.214. The van der Waals surface area contributed by atoms with E-state index < -0.39 is 6.17 Å². The number of hydrogen-bond acceptors (Lipinski definition) is 6. The maximum absolute atomic E-state index is 13.1. The summed E-state index contributed by atoms with van der Waals surface area (Å²) in [5.74, 6) is 0.456. The number of hydrogen-bond donors (Lipinski definition) is 1. The molecule has 6 nitrogen and oxygen atoms in total. The first-order chi connectivity index (χ1) is 16.5. The van der Waals surface area contributed by atoms with Crippen molar-refractivity contribution in [3.8, 4) is 0 Å². The van der Waals surface area contributed by atoms with Crippen LogP contribution in [0.25, 0.3) is 0 Å². The standard InChI is InChI=1S/C28H26N4O2/c1-28(2,18-19-11-5-3-6-12-19)26-31-32-27(34-26)30-25-23(33)17-21-15-9-10-16-22(21)24(29-25)20-13-7-4-8-14-20/h3-16,25H,17-18H2,1-2H3,(H,30,32). The molecule has 1 aliphatic rings. The Balaban J connectivity index is 1.43. The van der Waals surface area contributed by atoms with E-state index in [2.05, 4.69) is 41.5 Å². The molecule has 0 saturated carbocycles. The molecular weight excluding hydrogens is 424 g/mol. The molecule has 1 N–H and O–H groups in total. The lowest BCUT2D eigenvalue weighted by atomic mass is 9.86. The van der Waals surface area contributed by atoms with Crippen LogP contribution in [-0.2, 0) is 23.1 Å². The van der Waals surface area contributed by atoms with Gasteiger partial charge < -0.3 is 9.73 Å². The molecule has 1 aromatic heterocycles. The summed E-state index contributed by atoms with van der Waals surface area (Å²) in [4.78, 5) is 18.0. The van der Waals surface area contributed by atoms with Gasteiger partial charge in [-0.15, -0.1) is 5.10 Å². The van der Waals surface area contributed by atoms with E-state index in [1.165, 1.54) is 5.56 Å². The molecule has 2 heterocycles. The Morgan fingerprint density at radius 3 is 2.35 bits per heavy atom. The molecule has 0 saturated heterocycles. The number of ketones is 1. The number of nitrogens with zero attached hydrogens (tertiary/aromatic N) is 3. The largest absolute Gasteiger partial charge is 0.407 e. The van der Waals surface area contributed by atoms with Crippen molar-refractivity contribution in [2.24, 2.45) is 4.99 Å². The van der Waals surface area contributed by atoms with E-state index in [1.54, 1.807) is 0 Å². The lowest BCUT2D eigenvalue weighted by molar-refractivity contribution is -0.119. The zero-order chi connectivity index (χ0) is 23.5. The Labute approximate surface area is 198 Å². The Morgan fingerprint density at radius 2 is 1.59 bits per heavy atom. The van der Waals surface area contributed by atoms with Gasteiger partial charge in [0.2, 0.25) is 5.89 Å². The minimum Gasteiger partial charge on any atom is -0.407 e. The van der Waals surface area contributed by atoms with Crippen LogP contribution in [0.3, 0.4) is 0 Å². The number of aliphatic imine (C=N–C) groups is 1. The molecule has 3 aromatic carbocycles. The quantitative estimate of drug-likeness (QED) is 0.448. The summed E-state index contributed by atoms with van der Waals surface area (Å²) in [7, 11) is 0. The van der Waals surface area contributed by atoms with Crippen LogP contribution in [0.4, 0.5) is 6.01 Å². The Morgan fingerprint density at radius 1 is 0.912 bits per heavy atom. The first kappa shape index (κ1) is 21.8. The SMILES string of the molecule is CC(C)(Cc1ccccc1)c1nnc(NC2N=C(c3ccccc3)c3ccccc3CC2=O)o1. The second-order valence-electron chi connectivity index (χ2n) is 9.15. The number of fused-ring (bicyclic) bond motifs is 1. The second kappa shape index (κ2) is 9.06. The maximum atomic E-state index is 13.1. The molecule has 1 unspecified atom stereocenters. The van der Waals surface area contributed by atoms with Crippen LogP contribution in [0.2, 0.25) is 0 Å². The molecule has 5 rings (SSSR count). The zero-order valence-corrected chi connectivity index (χ0v) is 19.2. The van der Waals surface area contributed by atoms with Gasteiger partial charge in [-0.25, -0.2) is 0 Å². The van der Waals surface area contributed by atoms with Crippen LogP contribution in [-0.4, -0.2) is 27.9 Å². The van der Waals surface area contributed by atoms with Gasteiger partial charge in [0.1, 0.15) is 0 Å². The summed E-state index contributed by atoms with van der Waals surface area (Å²) in [6.07, 6.45) is 0.200. The first-order valence-corrected chi connectivity index (χ1v) is 11.4. The third-order valence-electron chi connectivity index (χ3n) is 6.00. The van der Waals surface area contributed by atoms with Crippen molar-refractivity contribution in [1.29, 1.82) is 0 Å². The summed E-state index contributed by atoms with van der Waals surface area (Å²) in [6.45, 7) is 4.13. The number of aromatic nitrogens is 2. The molecule has 1 aliphatic heterocycles. The number of benzene rings is 3. The second-order valence-corrected chi connectivity index (χ2v) is 9.15. The number of nitrogens with one attached hydrogen (secondary N) is 1. The van der Waals surface area contributed by atoms with Crippen LogP contribution in [0.5, 0.6) is 0 Å². The van der Waals surface area contributed by atoms with Gasteiger partial charge >= 0.3 is 6.01 Å². The van der Waals surface area contributed by atoms with Crippen LogP contribution in [0.1, 0.15) is 42.0 Å². The molecule has 0 radical (unpaired) electrons. The third kappa shape index (κ3) is 4.53. The number of carbonyl (C=O) groups excluding carboxylic acids is 1. The minimum atomic E-state index is -0.826. The van der Waals surface area contributed by atoms with Gasteiger partial charge in [0.25, 0.3) is 0 Å². The van der Waals surface area contributed by atoms with E-state index >= 15 is 0 Å². The van der Waals surface area contributed by atoms with E-state index in [0.717, 1.165) is 28.8 Å². The monoisotopic (exact) mass is 450 g/mol. The number of anilines is 1. The Hall–Kier alpha value is -4.06. The van der Waals surface area contributed by atoms with E-state index in [-0.39, 0.29) is 23.6 Å². The first-order valence-electron chi connectivity index (χ1n) is 11.4. The highest BCUT2D eigenvalue weighted by Crippen LogP contribution is 2.28. The Bertz CT molecular complexity index is 1330. The van der Waals surface area contributed by atoms with Gasteiger partial charge in [-0.05, 0) is 17.5 Å². The molecule has 34 heavy (non-hydrogen) atoms. The summed E-state index contributed by atoms with van der Waals surface area (Å²) >= 11 is 0. The van der Waals surface area contributed by atoms with Gasteiger partial charge in [0, 0.05) is 23.0 Å². The molecule has 4 aromatic rings. The average molecular weight is 451 g/mol. The zero-order valence-electron chi connectivity index (χ0n) is 19.2. The summed E-state index contributed by atoms with van der Waals surface area (Å²) in [5.41, 5.74) is 4.46. The minimum absolute atomic E-state index is 0.0540. The highest BCUT2D eigenvalue weighted by atomic mass is 16.4. The van der Waals surface area contributed by atoms with Crippen molar-refractivity contribution in [3.63, 3.8) is 0 Å². The molecule has 0 fully saturated rings. The van der Waals surface area contributed by atoms with Crippen LogP contribution < -0.4 is 5.32 Å². The fourth-order valence-corrected chi connectivity index (χ4v) is 4.25. The highest BCUT2D eigenvalue weighted by molar-refractivity contribution is 6.16. The van der Waals surface area contributed by atoms with Crippen molar-refractivity contribution in [3.05, 3.63) is 113 Å². The van der Waals surface area contributed by atoms with Crippen molar-refractivity contribution in [2.45, 2.75) is 38.3 Å². The Kier molecular flexibility index (Phi) is 5.80. The van der Waals surface area contributed by atoms with E-state index in [4.69, 9.17) is 9.41 Å². The van der Waals surface area contributed by atoms with Gasteiger partial charge in [-0.2, -0.15) is 0 Å². The molecule has 6 heteroatoms. The van der Waals surface area contributed by atoms with Crippen molar-refractivity contribution in [2.75, 3.05) is 5.32 Å². The maximum Gasteiger partial charge on any atom is 0.317 e. The molecule has 1 atom stereocenters. The lowest BCUT2D eigenvalue weighted by Gasteiger charge is -2.20. The summed E-state index contributed by atoms with van der Waals surface area (Å²) in [6, 6.07) is 28.2. The number of carbonyl (C=O) groups is 1. The molecule has 0 spiro atoms. The van der Waals surface area contributed by atoms with Gasteiger partial charge in [-0.1, -0.05) is 104 Å². The third-order valence-corrected chi connectivity index (χ3v) is 6.00. The van der Waals surface area contributed by atoms with E-state index in [1.807, 2.05) is 72.8 Å². The molecular formula is C28H26N4O2.